The Hall–Kier alpha value is -1.59. The van der Waals surface area contributed by atoms with E-state index in [1.807, 2.05) is 36.1 Å². The Morgan fingerprint density at radius 1 is 1.30 bits per heavy atom. The number of imidazole rings is 1. The smallest absolute Gasteiger partial charge is 0.122 e. The van der Waals surface area contributed by atoms with E-state index in [0.29, 0.717) is 6.04 Å². The highest BCUT2D eigenvalue weighted by Crippen LogP contribution is 2.11. The van der Waals surface area contributed by atoms with Crippen LogP contribution in [0.5, 0.6) is 0 Å². The molecule has 0 aliphatic heterocycles. The summed E-state index contributed by atoms with van der Waals surface area (Å²) >= 11 is 0. The Morgan fingerprint density at radius 2 is 2.05 bits per heavy atom. The first-order valence-corrected chi connectivity index (χ1v) is 7.00. The van der Waals surface area contributed by atoms with Crippen molar-refractivity contribution in [1.29, 1.82) is 0 Å². The molecule has 2 aromatic heterocycles. The lowest BCUT2D eigenvalue weighted by Gasteiger charge is -2.14. The van der Waals surface area contributed by atoms with Crippen LogP contribution in [0.1, 0.15) is 31.2 Å². The maximum atomic E-state index is 5.82. The van der Waals surface area contributed by atoms with Gasteiger partial charge in [0.05, 0.1) is 19.6 Å². The normalized spacial score (nSPS) is 11.7. The molecule has 0 fully saturated rings. The lowest BCUT2D eigenvalue weighted by molar-refractivity contribution is 0.273. The van der Waals surface area contributed by atoms with Crippen molar-refractivity contribution >= 4 is 0 Å². The predicted octanol–water partition coefficient (Wildman–Crippen LogP) is 2.14. The minimum Gasteiger partial charge on any atom is -0.463 e. The summed E-state index contributed by atoms with van der Waals surface area (Å²) in [5.74, 6) is 3.03. The van der Waals surface area contributed by atoms with Gasteiger partial charge in [-0.2, -0.15) is 0 Å². The molecule has 110 valence electrons. The second kappa shape index (κ2) is 6.72. The number of aryl methyl sites for hydroxylation is 1. The van der Waals surface area contributed by atoms with Crippen molar-refractivity contribution < 1.29 is 4.42 Å². The van der Waals surface area contributed by atoms with Gasteiger partial charge < -0.3 is 14.3 Å². The van der Waals surface area contributed by atoms with Gasteiger partial charge in [-0.1, -0.05) is 13.8 Å². The fourth-order valence-corrected chi connectivity index (χ4v) is 2.02. The Morgan fingerprint density at radius 3 is 2.70 bits per heavy atom. The number of nitrogens with zero attached hydrogens (tertiary/aromatic N) is 3. The Balaban J connectivity index is 1.85. The molecule has 20 heavy (non-hydrogen) atoms. The first-order valence-electron chi connectivity index (χ1n) is 7.00. The van der Waals surface area contributed by atoms with Crippen LogP contribution in [-0.2, 0) is 26.7 Å². The van der Waals surface area contributed by atoms with Crippen molar-refractivity contribution in [2.24, 2.45) is 7.05 Å². The predicted molar refractivity (Wildman–Crippen MR) is 79.1 cm³/mol. The molecule has 0 aromatic carbocycles. The van der Waals surface area contributed by atoms with Crippen molar-refractivity contribution in [3.05, 3.63) is 41.9 Å². The minimum atomic E-state index is 0.467. The van der Waals surface area contributed by atoms with E-state index in [4.69, 9.17) is 4.42 Å². The van der Waals surface area contributed by atoms with Gasteiger partial charge in [-0.25, -0.2) is 4.98 Å². The Bertz CT molecular complexity index is 529. The summed E-state index contributed by atoms with van der Waals surface area (Å²) in [5.41, 5.74) is 0. The van der Waals surface area contributed by atoms with E-state index in [0.717, 1.165) is 37.0 Å². The van der Waals surface area contributed by atoms with Gasteiger partial charge in [0.25, 0.3) is 0 Å². The molecule has 2 rings (SSSR count). The van der Waals surface area contributed by atoms with Crippen LogP contribution in [-0.4, -0.2) is 27.5 Å². The molecule has 2 aromatic rings. The maximum absolute atomic E-state index is 5.82. The van der Waals surface area contributed by atoms with Crippen molar-refractivity contribution in [3.8, 4) is 0 Å². The molecule has 0 aliphatic carbocycles. The first kappa shape index (κ1) is 14.8. The highest BCUT2D eigenvalue weighted by molar-refractivity contribution is 5.07. The average Bonchev–Trinajstić information content (AvgIpc) is 2.97. The Kier molecular flexibility index (Phi) is 4.98. The summed E-state index contributed by atoms with van der Waals surface area (Å²) in [4.78, 5) is 6.53. The van der Waals surface area contributed by atoms with Crippen LogP contribution < -0.4 is 5.32 Å². The lowest BCUT2D eigenvalue weighted by atomic mass is 10.3. The monoisotopic (exact) mass is 276 g/mol. The summed E-state index contributed by atoms with van der Waals surface area (Å²) in [6.07, 6.45) is 3.79. The molecule has 5 nitrogen and oxygen atoms in total. The van der Waals surface area contributed by atoms with E-state index in [9.17, 15) is 0 Å². The molecule has 0 amide bonds. The van der Waals surface area contributed by atoms with E-state index in [1.54, 1.807) is 0 Å². The minimum absolute atomic E-state index is 0.467. The van der Waals surface area contributed by atoms with Gasteiger partial charge in [0.2, 0.25) is 0 Å². The molecule has 0 unspecified atom stereocenters. The van der Waals surface area contributed by atoms with Crippen LogP contribution in [0.2, 0.25) is 0 Å². The number of furan rings is 1. The molecular formula is C15H24N4O. The molecule has 1 N–H and O–H groups in total. The summed E-state index contributed by atoms with van der Waals surface area (Å²) in [5, 5.41) is 3.35. The SMILES string of the molecule is CC(C)NCc1ccc(CN(C)Cc2nccn2C)o1. The molecule has 0 radical (unpaired) electrons. The van der Waals surface area contributed by atoms with E-state index >= 15 is 0 Å². The highest BCUT2D eigenvalue weighted by atomic mass is 16.3. The molecule has 0 saturated heterocycles. The van der Waals surface area contributed by atoms with Crippen molar-refractivity contribution in [1.82, 2.24) is 19.8 Å². The van der Waals surface area contributed by atoms with Gasteiger partial charge in [0.1, 0.15) is 17.3 Å². The van der Waals surface area contributed by atoms with E-state index < -0.39 is 0 Å². The van der Waals surface area contributed by atoms with Crippen LogP contribution in [0, 0.1) is 0 Å². The molecule has 0 spiro atoms. The van der Waals surface area contributed by atoms with E-state index in [2.05, 4.69) is 36.1 Å². The second-order valence-corrected chi connectivity index (χ2v) is 5.53. The Labute approximate surface area is 120 Å². The first-order chi connectivity index (χ1) is 9.54. The van der Waals surface area contributed by atoms with Gasteiger partial charge >= 0.3 is 0 Å². The number of nitrogens with one attached hydrogen (secondary N) is 1. The largest absolute Gasteiger partial charge is 0.463 e. The summed E-state index contributed by atoms with van der Waals surface area (Å²) in [6, 6.07) is 4.56. The molecule has 0 bridgehead atoms. The van der Waals surface area contributed by atoms with Crippen LogP contribution in [0.25, 0.3) is 0 Å². The standard InChI is InChI=1S/C15H24N4O/c1-12(2)17-9-13-5-6-14(20-13)10-18(3)11-15-16-7-8-19(15)4/h5-8,12,17H,9-11H2,1-4H3. The second-order valence-electron chi connectivity index (χ2n) is 5.53. The molecular weight excluding hydrogens is 252 g/mol. The molecule has 2 heterocycles. The van der Waals surface area contributed by atoms with Gasteiger partial charge in [-0.15, -0.1) is 0 Å². The molecule has 0 saturated carbocycles. The van der Waals surface area contributed by atoms with Gasteiger partial charge in [-0.3, -0.25) is 4.90 Å². The third-order valence-corrected chi connectivity index (χ3v) is 3.16. The lowest BCUT2D eigenvalue weighted by Crippen LogP contribution is -2.21. The topological polar surface area (TPSA) is 46.2 Å². The fraction of sp³-hybridized carbons (Fsp3) is 0.533. The van der Waals surface area contributed by atoms with Crippen molar-refractivity contribution in [2.75, 3.05) is 7.05 Å². The van der Waals surface area contributed by atoms with Crippen molar-refractivity contribution in [2.45, 2.75) is 39.5 Å². The van der Waals surface area contributed by atoms with Crippen LogP contribution >= 0.6 is 0 Å². The number of aromatic nitrogens is 2. The highest BCUT2D eigenvalue weighted by Gasteiger charge is 2.08. The number of hydrogen-bond donors (Lipinski definition) is 1. The summed E-state index contributed by atoms with van der Waals surface area (Å²) < 4.78 is 7.86. The summed E-state index contributed by atoms with van der Waals surface area (Å²) in [7, 11) is 4.09. The fourth-order valence-electron chi connectivity index (χ4n) is 2.02. The van der Waals surface area contributed by atoms with Crippen LogP contribution in [0.3, 0.4) is 0 Å². The average molecular weight is 276 g/mol. The summed E-state index contributed by atoms with van der Waals surface area (Å²) in [6.45, 7) is 6.63. The zero-order valence-corrected chi connectivity index (χ0v) is 12.8. The van der Waals surface area contributed by atoms with Crippen LogP contribution in [0.15, 0.2) is 28.9 Å². The third-order valence-electron chi connectivity index (χ3n) is 3.16. The molecule has 0 atom stereocenters. The van der Waals surface area contributed by atoms with Gasteiger partial charge in [0.15, 0.2) is 0 Å². The number of rotatable bonds is 7. The zero-order chi connectivity index (χ0) is 14.5. The van der Waals surface area contributed by atoms with Gasteiger partial charge in [-0.05, 0) is 19.2 Å². The quantitative estimate of drug-likeness (QED) is 0.841. The maximum Gasteiger partial charge on any atom is 0.122 e. The van der Waals surface area contributed by atoms with E-state index in [-0.39, 0.29) is 0 Å². The van der Waals surface area contributed by atoms with E-state index in [1.165, 1.54) is 0 Å². The van der Waals surface area contributed by atoms with Crippen molar-refractivity contribution in [3.63, 3.8) is 0 Å². The van der Waals surface area contributed by atoms with Gasteiger partial charge in [0, 0.05) is 25.5 Å². The zero-order valence-electron chi connectivity index (χ0n) is 12.8. The molecule has 0 aliphatic rings. The molecule has 5 heteroatoms. The third kappa shape index (κ3) is 4.21. The van der Waals surface area contributed by atoms with Crippen LogP contribution in [0.4, 0.5) is 0 Å². The number of hydrogen-bond acceptors (Lipinski definition) is 4.